The Morgan fingerprint density at radius 3 is 3.11 bits per heavy atom. The van der Waals surface area contributed by atoms with Crippen molar-refractivity contribution in [3.8, 4) is 0 Å². The number of aryl methyl sites for hydroxylation is 1. The predicted molar refractivity (Wildman–Crippen MR) is 75.1 cm³/mol. The number of aliphatic hydroxyl groups is 1. The van der Waals surface area contributed by atoms with Crippen LogP contribution in [0.3, 0.4) is 0 Å². The van der Waals surface area contributed by atoms with Gasteiger partial charge < -0.3 is 5.11 Å². The third-order valence-electron chi connectivity index (χ3n) is 3.41. The van der Waals surface area contributed by atoms with Gasteiger partial charge in [-0.2, -0.15) is 0 Å². The number of hydrogen-bond donors (Lipinski definition) is 1. The van der Waals surface area contributed by atoms with E-state index in [0.717, 1.165) is 25.1 Å². The molecule has 1 aromatic carbocycles. The molecular weight excluding hydrogens is 258 g/mol. The van der Waals surface area contributed by atoms with Crippen molar-refractivity contribution >= 4 is 11.8 Å². The number of aromatic nitrogens is 3. The molecule has 0 fully saturated rings. The number of benzene rings is 1. The summed E-state index contributed by atoms with van der Waals surface area (Å²) in [6.07, 6.45) is 3.06. The summed E-state index contributed by atoms with van der Waals surface area (Å²) in [5.41, 5.74) is 2.15. The summed E-state index contributed by atoms with van der Waals surface area (Å²) in [7, 11) is 0. The van der Waals surface area contributed by atoms with Crippen LogP contribution < -0.4 is 0 Å². The van der Waals surface area contributed by atoms with E-state index in [0.29, 0.717) is 0 Å². The molecule has 3 rings (SSSR count). The summed E-state index contributed by atoms with van der Waals surface area (Å²) in [5, 5.41) is 18.7. The molecule has 1 N–H and O–H groups in total. The fraction of sp³-hybridized carbons (Fsp3) is 0.429. The first kappa shape index (κ1) is 12.7. The Bertz CT molecular complexity index is 544. The zero-order valence-corrected chi connectivity index (χ0v) is 11.7. The average molecular weight is 275 g/mol. The van der Waals surface area contributed by atoms with Gasteiger partial charge in [0, 0.05) is 16.7 Å². The summed E-state index contributed by atoms with van der Waals surface area (Å²) in [5.74, 6) is 0. The number of nitrogens with zero attached hydrogens (tertiary/aromatic N) is 3. The minimum atomic E-state index is -0.515. The van der Waals surface area contributed by atoms with Gasteiger partial charge in [0.25, 0.3) is 0 Å². The number of rotatable bonds is 4. The van der Waals surface area contributed by atoms with Crippen molar-refractivity contribution in [2.75, 3.05) is 0 Å². The van der Waals surface area contributed by atoms with E-state index >= 15 is 0 Å². The molecule has 5 heteroatoms. The Labute approximate surface area is 116 Å². The maximum atomic E-state index is 10.6. The number of thioether (sulfide) groups is 1. The molecule has 1 aliphatic heterocycles. The normalized spacial score (nSPS) is 19.4. The lowest BCUT2D eigenvalue weighted by Crippen LogP contribution is -2.18. The van der Waals surface area contributed by atoms with E-state index in [1.165, 1.54) is 10.5 Å². The summed E-state index contributed by atoms with van der Waals surface area (Å²) in [4.78, 5) is 1.28. The monoisotopic (exact) mass is 275 g/mol. The van der Waals surface area contributed by atoms with Crippen molar-refractivity contribution in [3.63, 3.8) is 0 Å². The van der Waals surface area contributed by atoms with E-state index in [2.05, 4.69) is 35.4 Å². The number of hydrogen-bond acceptors (Lipinski definition) is 4. The molecule has 0 aliphatic carbocycles. The van der Waals surface area contributed by atoms with Crippen LogP contribution in [0.5, 0.6) is 0 Å². The summed E-state index contributed by atoms with van der Waals surface area (Å²) in [6.45, 7) is 2.90. The van der Waals surface area contributed by atoms with Crippen molar-refractivity contribution in [1.82, 2.24) is 15.0 Å². The van der Waals surface area contributed by atoms with E-state index in [9.17, 15) is 5.11 Å². The molecule has 2 unspecified atom stereocenters. The molecule has 2 heterocycles. The Kier molecular flexibility index (Phi) is 3.57. The zero-order chi connectivity index (χ0) is 13.2. The topological polar surface area (TPSA) is 50.9 Å². The van der Waals surface area contributed by atoms with Crippen molar-refractivity contribution in [2.45, 2.75) is 42.6 Å². The van der Waals surface area contributed by atoms with Gasteiger partial charge in [0.1, 0.15) is 6.10 Å². The molecule has 2 aromatic rings. The fourth-order valence-corrected chi connectivity index (χ4v) is 3.77. The maximum Gasteiger partial charge on any atom is 0.110 e. The summed E-state index contributed by atoms with van der Waals surface area (Å²) >= 11 is 1.75. The second kappa shape index (κ2) is 5.35. The molecule has 0 spiro atoms. The molecule has 0 radical (unpaired) electrons. The highest BCUT2D eigenvalue weighted by atomic mass is 32.2. The fourth-order valence-electron chi connectivity index (χ4n) is 2.46. The van der Waals surface area contributed by atoms with E-state index in [1.54, 1.807) is 18.0 Å². The second-order valence-electron chi connectivity index (χ2n) is 4.80. The van der Waals surface area contributed by atoms with Gasteiger partial charge in [-0.15, -0.1) is 16.9 Å². The quantitative estimate of drug-likeness (QED) is 0.931. The Morgan fingerprint density at radius 1 is 1.47 bits per heavy atom. The van der Waals surface area contributed by atoms with Crippen LogP contribution in [0, 0.1) is 0 Å². The lowest BCUT2D eigenvalue weighted by atomic mass is 10.1. The van der Waals surface area contributed by atoms with Crippen molar-refractivity contribution in [1.29, 1.82) is 0 Å². The molecule has 1 aromatic heterocycles. The Hall–Kier alpha value is -1.33. The maximum absolute atomic E-state index is 10.6. The smallest absolute Gasteiger partial charge is 0.110 e. The van der Waals surface area contributed by atoms with Crippen LogP contribution in [0.15, 0.2) is 35.4 Å². The molecular formula is C14H17N3OS. The van der Waals surface area contributed by atoms with Crippen LogP contribution in [0.25, 0.3) is 0 Å². The molecule has 0 saturated heterocycles. The minimum Gasteiger partial charge on any atom is -0.386 e. The van der Waals surface area contributed by atoms with E-state index in [1.807, 2.05) is 10.7 Å². The second-order valence-corrected chi connectivity index (χ2v) is 6.08. The van der Waals surface area contributed by atoms with Crippen LogP contribution in [0.2, 0.25) is 0 Å². The largest absolute Gasteiger partial charge is 0.386 e. The lowest BCUT2D eigenvalue weighted by molar-refractivity contribution is 0.163. The highest BCUT2D eigenvalue weighted by Gasteiger charge is 2.31. The van der Waals surface area contributed by atoms with Crippen molar-refractivity contribution in [2.24, 2.45) is 0 Å². The van der Waals surface area contributed by atoms with Crippen LogP contribution >= 0.6 is 11.8 Å². The molecule has 100 valence electrons. The number of aliphatic hydroxyl groups excluding tert-OH is 1. The van der Waals surface area contributed by atoms with Gasteiger partial charge in [0.2, 0.25) is 0 Å². The van der Waals surface area contributed by atoms with Crippen molar-refractivity contribution in [3.05, 3.63) is 41.7 Å². The Balaban J connectivity index is 1.79. The first-order valence-corrected chi connectivity index (χ1v) is 7.48. The van der Waals surface area contributed by atoms with Crippen LogP contribution in [0.4, 0.5) is 0 Å². The van der Waals surface area contributed by atoms with Gasteiger partial charge in [-0.25, -0.2) is 4.68 Å². The van der Waals surface area contributed by atoms with Crippen LogP contribution in [0.1, 0.15) is 30.7 Å². The average Bonchev–Trinajstić information content (AvgIpc) is 3.04. The van der Waals surface area contributed by atoms with Gasteiger partial charge in [-0.1, -0.05) is 30.3 Å². The molecule has 19 heavy (non-hydrogen) atoms. The minimum absolute atomic E-state index is 0.159. The first-order chi connectivity index (χ1) is 9.29. The van der Waals surface area contributed by atoms with Crippen LogP contribution in [-0.4, -0.2) is 25.4 Å². The van der Waals surface area contributed by atoms with Crippen LogP contribution in [-0.2, 0) is 13.0 Å². The molecule has 1 aliphatic rings. The lowest BCUT2D eigenvalue weighted by Gasteiger charge is -2.17. The highest BCUT2D eigenvalue weighted by Crippen LogP contribution is 2.42. The van der Waals surface area contributed by atoms with E-state index in [4.69, 9.17) is 0 Å². The zero-order valence-electron chi connectivity index (χ0n) is 10.9. The molecule has 0 amide bonds. The highest BCUT2D eigenvalue weighted by molar-refractivity contribution is 8.00. The van der Waals surface area contributed by atoms with E-state index < -0.39 is 6.10 Å². The van der Waals surface area contributed by atoms with Gasteiger partial charge in [-0.3, -0.25) is 0 Å². The Morgan fingerprint density at radius 2 is 2.32 bits per heavy atom. The summed E-state index contributed by atoms with van der Waals surface area (Å²) < 4.78 is 1.81. The van der Waals surface area contributed by atoms with Gasteiger partial charge in [-0.05, 0) is 24.5 Å². The predicted octanol–water partition coefficient (Wildman–Crippen LogP) is 2.44. The molecule has 0 saturated carbocycles. The van der Waals surface area contributed by atoms with Crippen molar-refractivity contribution < 1.29 is 5.11 Å². The third kappa shape index (κ3) is 2.40. The number of fused-ring (bicyclic) bond motifs is 1. The SMILES string of the molecule is CCCn1nncc1C(O)C1Cc2ccccc2S1. The molecule has 0 bridgehead atoms. The van der Waals surface area contributed by atoms with Gasteiger partial charge >= 0.3 is 0 Å². The van der Waals surface area contributed by atoms with Gasteiger partial charge in [0.05, 0.1) is 11.9 Å². The standard InChI is InChI=1S/C14H17N3OS/c1-2-7-17-11(9-15-16-17)14(18)13-8-10-5-3-4-6-12(10)19-13/h3-6,9,13-14,18H,2,7-8H2,1H3. The molecule has 2 atom stereocenters. The first-order valence-electron chi connectivity index (χ1n) is 6.60. The van der Waals surface area contributed by atoms with E-state index in [-0.39, 0.29) is 5.25 Å². The third-order valence-corrected chi connectivity index (χ3v) is 4.79. The van der Waals surface area contributed by atoms with Gasteiger partial charge in [0.15, 0.2) is 0 Å². The molecule has 4 nitrogen and oxygen atoms in total. The summed E-state index contributed by atoms with van der Waals surface area (Å²) in [6, 6.07) is 8.35.